The minimum atomic E-state index is -1.58. The van der Waals surface area contributed by atoms with Gasteiger partial charge in [-0.25, -0.2) is 0 Å². The lowest BCUT2D eigenvalue weighted by molar-refractivity contribution is -0.163. The highest BCUT2D eigenvalue weighted by Gasteiger charge is 2.38. The average molecular weight is 301 g/mol. The predicted octanol–water partition coefficient (Wildman–Crippen LogP) is 0.102. The Morgan fingerprint density at radius 2 is 1.67 bits per heavy atom. The van der Waals surface area contributed by atoms with E-state index in [1.54, 1.807) is 13.8 Å². The van der Waals surface area contributed by atoms with Gasteiger partial charge in [0.05, 0.1) is 19.6 Å². The molecule has 1 fully saturated rings. The standard InChI is InChI=1S/C14H23NO6/c1-3-20-11(16)9-10(14(19)21-4-2)12(17)13(18)15-7-5-6-8-15/h10,12,17H,3-9H2,1-2H3. The molecule has 0 aromatic heterocycles. The monoisotopic (exact) mass is 301 g/mol. The molecule has 1 heterocycles. The molecule has 2 atom stereocenters. The predicted molar refractivity (Wildman–Crippen MR) is 73.2 cm³/mol. The first-order valence-electron chi connectivity index (χ1n) is 7.30. The minimum absolute atomic E-state index is 0.114. The van der Waals surface area contributed by atoms with Crippen LogP contribution in [-0.2, 0) is 23.9 Å². The Bertz CT molecular complexity index is 378. The summed E-state index contributed by atoms with van der Waals surface area (Å²) in [7, 11) is 0. The lowest BCUT2D eigenvalue weighted by Gasteiger charge is -2.24. The highest BCUT2D eigenvalue weighted by atomic mass is 16.5. The van der Waals surface area contributed by atoms with E-state index in [9.17, 15) is 19.5 Å². The summed E-state index contributed by atoms with van der Waals surface area (Å²) in [4.78, 5) is 37.1. The number of amides is 1. The Morgan fingerprint density at radius 1 is 1.10 bits per heavy atom. The number of carbonyl (C=O) groups is 3. The second-order valence-corrected chi connectivity index (χ2v) is 4.84. The van der Waals surface area contributed by atoms with Crippen molar-refractivity contribution in [1.82, 2.24) is 4.90 Å². The molecule has 0 bridgehead atoms. The van der Waals surface area contributed by atoms with Gasteiger partial charge in [-0.05, 0) is 26.7 Å². The second-order valence-electron chi connectivity index (χ2n) is 4.84. The molecule has 0 radical (unpaired) electrons. The van der Waals surface area contributed by atoms with E-state index < -0.39 is 29.9 Å². The third kappa shape index (κ3) is 5.00. The van der Waals surface area contributed by atoms with Gasteiger partial charge in [0.2, 0.25) is 0 Å². The fraction of sp³-hybridized carbons (Fsp3) is 0.786. The van der Waals surface area contributed by atoms with Gasteiger partial charge in [-0.3, -0.25) is 14.4 Å². The van der Waals surface area contributed by atoms with Crippen LogP contribution in [0.25, 0.3) is 0 Å². The van der Waals surface area contributed by atoms with Crippen molar-refractivity contribution in [2.75, 3.05) is 26.3 Å². The summed E-state index contributed by atoms with van der Waals surface area (Å²) < 4.78 is 9.61. The molecule has 21 heavy (non-hydrogen) atoms. The summed E-state index contributed by atoms with van der Waals surface area (Å²) in [5.41, 5.74) is 0. The lowest BCUT2D eigenvalue weighted by Crippen LogP contribution is -2.45. The van der Waals surface area contributed by atoms with Gasteiger partial charge in [0.15, 0.2) is 0 Å². The van der Waals surface area contributed by atoms with E-state index in [2.05, 4.69) is 0 Å². The van der Waals surface area contributed by atoms with Crippen LogP contribution >= 0.6 is 0 Å². The normalized spacial score (nSPS) is 17.2. The SMILES string of the molecule is CCOC(=O)CC(C(=O)OCC)C(O)C(=O)N1CCCC1. The summed E-state index contributed by atoms with van der Waals surface area (Å²) in [5.74, 6) is -3.15. The van der Waals surface area contributed by atoms with Crippen molar-refractivity contribution < 1.29 is 29.0 Å². The molecule has 7 nitrogen and oxygen atoms in total. The molecule has 1 N–H and O–H groups in total. The van der Waals surface area contributed by atoms with Gasteiger partial charge in [0.25, 0.3) is 5.91 Å². The summed E-state index contributed by atoms with van der Waals surface area (Å²) in [6, 6.07) is 0. The van der Waals surface area contributed by atoms with Gasteiger partial charge in [0.1, 0.15) is 12.0 Å². The fourth-order valence-corrected chi connectivity index (χ4v) is 2.27. The van der Waals surface area contributed by atoms with E-state index in [-0.39, 0.29) is 19.6 Å². The Balaban J connectivity index is 2.75. The van der Waals surface area contributed by atoms with Crippen molar-refractivity contribution in [2.24, 2.45) is 5.92 Å². The first-order chi connectivity index (χ1) is 10.0. The number of likely N-dealkylation sites (tertiary alicyclic amines) is 1. The highest BCUT2D eigenvalue weighted by Crippen LogP contribution is 2.18. The maximum absolute atomic E-state index is 12.2. The van der Waals surface area contributed by atoms with Crippen molar-refractivity contribution in [3.05, 3.63) is 0 Å². The maximum Gasteiger partial charge on any atom is 0.312 e. The summed E-state index contributed by atoms with van der Waals surface area (Å²) in [5, 5.41) is 10.2. The van der Waals surface area contributed by atoms with Crippen LogP contribution in [0, 0.1) is 5.92 Å². The van der Waals surface area contributed by atoms with Crippen molar-refractivity contribution in [3.63, 3.8) is 0 Å². The number of hydrogen-bond acceptors (Lipinski definition) is 6. The molecule has 1 amide bonds. The van der Waals surface area contributed by atoms with Crippen LogP contribution in [0.4, 0.5) is 0 Å². The minimum Gasteiger partial charge on any atom is -0.466 e. The third-order valence-corrected chi connectivity index (χ3v) is 3.33. The van der Waals surface area contributed by atoms with E-state index in [1.807, 2.05) is 0 Å². The fourth-order valence-electron chi connectivity index (χ4n) is 2.27. The molecule has 0 saturated carbocycles. The van der Waals surface area contributed by atoms with Crippen molar-refractivity contribution >= 4 is 17.8 Å². The number of rotatable bonds is 7. The molecule has 1 saturated heterocycles. The van der Waals surface area contributed by atoms with Gasteiger partial charge in [0, 0.05) is 13.1 Å². The zero-order valence-electron chi connectivity index (χ0n) is 12.5. The van der Waals surface area contributed by atoms with Crippen LogP contribution in [0.2, 0.25) is 0 Å². The molecule has 7 heteroatoms. The lowest BCUT2D eigenvalue weighted by atomic mass is 9.97. The molecular weight excluding hydrogens is 278 g/mol. The second kappa shape index (κ2) is 8.61. The van der Waals surface area contributed by atoms with Crippen molar-refractivity contribution in [3.8, 4) is 0 Å². The molecule has 0 aliphatic carbocycles. The van der Waals surface area contributed by atoms with Crippen LogP contribution < -0.4 is 0 Å². The van der Waals surface area contributed by atoms with Crippen molar-refractivity contribution in [1.29, 1.82) is 0 Å². The van der Waals surface area contributed by atoms with E-state index in [1.165, 1.54) is 4.90 Å². The first kappa shape index (κ1) is 17.4. The van der Waals surface area contributed by atoms with Crippen LogP contribution in [0.1, 0.15) is 33.1 Å². The summed E-state index contributed by atoms with van der Waals surface area (Å²) in [6.45, 7) is 4.67. The highest BCUT2D eigenvalue weighted by molar-refractivity contribution is 5.89. The van der Waals surface area contributed by atoms with E-state index >= 15 is 0 Å². The quantitative estimate of drug-likeness (QED) is 0.671. The average Bonchev–Trinajstić information content (AvgIpc) is 2.98. The molecule has 0 aromatic rings. The topological polar surface area (TPSA) is 93.1 Å². The molecule has 0 spiro atoms. The zero-order chi connectivity index (χ0) is 15.8. The van der Waals surface area contributed by atoms with Gasteiger partial charge in [-0.1, -0.05) is 0 Å². The van der Waals surface area contributed by atoms with Crippen molar-refractivity contribution in [2.45, 2.75) is 39.2 Å². The van der Waals surface area contributed by atoms with Crippen LogP contribution in [-0.4, -0.2) is 60.3 Å². The zero-order valence-corrected chi connectivity index (χ0v) is 12.5. The number of aliphatic hydroxyl groups is 1. The largest absolute Gasteiger partial charge is 0.466 e. The number of carbonyl (C=O) groups excluding carboxylic acids is 3. The molecular formula is C14H23NO6. The summed E-state index contributed by atoms with van der Waals surface area (Å²) in [6.07, 6.45) is -0.194. The number of aliphatic hydroxyl groups excluding tert-OH is 1. The summed E-state index contributed by atoms with van der Waals surface area (Å²) >= 11 is 0. The van der Waals surface area contributed by atoms with E-state index in [4.69, 9.17) is 9.47 Å². The molecule has 1 aliphatic heterocycles. The van der Waals surface area contributed by atoms with Gasteiger partial charge in [-0.2, -0.15) is 0 Å². The van der Waals surface area contributed by atoms with Gasteiger partial charge < -0.3 is 19.5 Å². The molecule has 1 aliphatic rings. The smallest absolute Gasteiger partial charge is 0.312 e. The van der Waals surface area contributed by atoms with Gasteiger partial charge >= 0.3 is 11.9 Å². The molecule has 1 rings (SSSR count). The maximum atomic E-state index is 12.2. The van der Waals surface area contributed by atoms with Crippen LogP contribution in [0.15, 0.2) is 0 Å². The van der Waals surface area contributed by atoms with E-state index in [0.29, 0.717) is 13.1 Å². The Hall–Kier alpha value is -1.63. The molecule has 0 aromatic carbocycles. The number of nitrogens with zero attached hydrogens (tertiary/aromatic N) is 1. The Labute approximate surface area is 124 Å². The third-order valence-electron chi connectivity index (χ3n) is 3.33. The first-order valence-corrected chi connectivity index (χ1v) is 7.30. The van der Waals surface area contributed by atoms with Crippen LogP contribution in [0.3, 0.4) is 0 Å². The molecule has 2 unspecified atom stereocenters. The Morgan fingerprint density at radius 3 is 2.19 bits per heavy atom. The molecule has 120 valence electrons. The number of esters is 2. The van der Waals surface area contributed by atoms with E-state index in [0.717, 1.165) is 12.8 Å². The van der Waals surface area contributed by atoms with Gasteiger partial charge in [-0.15, -0.1) is 0 Å². The number of hydrogen-bond donors (Lipinski definition) is 1. The number of ether oxygens (including phenoxy) is 2. The van der Waals surface area contributed by atoms with Crippen LogP contribution in [0.5, 0.6) is 0 Å². The Kier molecular flexibility index (Phi) is 7.14.